The Labute approximate surface area is 114 Å². The summed E-state index contributed by atoms with van der Waals surface area (Å²) < 4.78 is 30.6. The van der Waals surface area contributed by atoms with E-state index in [-0.39, 0.29) is 17.7 Å². The van der Waals surface area contributed by atoms with Gasteiger partial charge in [-0.05, 0) is 19.9 Å². The second-order valence-corrected chi connectivity index (χ2v) is 4.43. The molecule has 0 N–H and O–H groups in total. The molecular weight excluding hydrogens is 278 g/mol. The van der Waals surface area contributed by atoms with Crippen molar-refractivity contribution in [1.29, 1.82) is 0 Å². The number of ether oxygens (including phenoxy) is 1. The summed E-state index contributed by atoms with van der Waals surface area (Å²) in [5.41, 5.74) is -1.06. The standard InChI is InChI=1S/C13H13ClF2O3/c1-3-19-13(18)9-6-4-5-8(12(15)16)10(9)11(17)7(2)14/h4-7,12H,3H2,1-2H3. The number of carbonyl (C=O) groups is 2. The second kappa shape index (κ2) is 6.61. The van der Waals surface area contributed by atoms with Crippen LogP contribution in [0.3, 0.4) is 0 Å². The highest BCUT2D eigenvalue weighted by molar-refractivity contribution is 6.34. The van der Waals surface area contributed by atoms with Crippen molar-refractivity contribution in [2.24, 2.45) is 0 Å². The maximum absolute atomic E-state index is 12.9. The van der Waals surface area contributed by atoms with Gasteiger partial charge in [-0.25, -0.2) is 13.6 Å². The summed E-state index contributed by atoms with van der Waals surface area (Å²) in [5, 5.41) is -1.01. The molecule has 1 aromatic carbocycles. The first-order valence-corrected chi connectivity index (χ1v) is 6.10. The summed E-state index contributed by atoms with van der Waals surface area (Å²) in [7, 11) is 0. The number of halogens is 3. The van der Waals surface area contributed by atoms with Gasteiger partial charge in [-0.15, -0.1) is 11.6 Å². The molecule has 0 amide bonds. The number of benzene rings is 1. The number of esters is 1. The molecule has 0 bridgehead atoms. The average Bonchev–Trinajstić information content (AvgIpc) is 2.36. The number of carbonyl (C=O) groups excluding carboxylic acids is 2. The zero-order valence-electron chi connectivity index (χ0n) is 10.5. The van der Waals surface area contributed by atoms with Gasteiger partial charge in [0.1, 0.15) is 0 Å². The van der Waals surface area contributed by atoms with Crippen LogP contribution in [0.1, 0.15) is 46.6 Å². The number of ketones is 1. The first-order valence-electron chi connectivity index (χ1n) is 5.66. The average molecular weight is 291 g/mol. The van der Waals surface area contributed by atoms with Crippen molar-refractivity contribution in [3.8, 4) is 0 Å². The molecule has 0 fully saturated rings. The lowest BCUT2D eigenvalue weighted by atomic mass is 9.96. The summed E-state index contributed by atoms with van der Waals surface area (Å²) >= 11 is 5.65. The van der Waals surface area contributed by atoms with Crippen LogP contribution in [0.25, 0.3) is 0 Å². The summed E-state index contributed by atoms with van der Waals surface area (Å²) in [5.74, 6) is -1.54. The predicted molar refractivity (Wildman–Crippen MR) is 67.0 cm³/mol. The van der Waals surface area contributed by atoms with E-state index in [9.17, 15) is 18.4 Å². The fraction of sp³-hybridized carbons (Fsp3) is 0.385. The molecule has 0 heterocycles. The molecule has 1 rings (SSSR count). The molecule has 1 atom stereocenters. The van der Waals surface area contributed by atoms with Gasteiger partial charge in [0, 0.05) is 11.1 Å². The molecule has 104 valence electrons. The Morgan fingerprint density at radius 3 is 2.47 bits per heavy atom. The molecule has 1 unspecified atom stereocenters. The van der Waals surface area contributed by atoms with Crippen molar-refractivity contribution in [2.75, 3.05) is 6.61 Å². The number of alkyl halides is 3. The van der Waals surface area contributed by atoms with Crippen molar-refractivity contribution in [3.63, 3.8) is 0 Å². The van der Waals surface area contributed by atoms with Crippen LogP contribution in [-0.4, -0.2) is 23.7 Å². The van der Waals surface area contributed by atoms with E-state index >= 15 is 0 Å². The Morgan fingerprint density at radius 1 is 1.37 bits per heavy atom. The van der Waals surface area contributed by atoms with Crippen molar-refractivity contribution in [2.45, 2.75) is 25.7 Å². The lowest BCUT2D eigenvalue weighted by Gasteiger charge is -2.13. The van der Waals surface area contributed by atoms with Gasteiger partial charge in [0.05, 0.1) is 17.5 Å². The lowest BCUT2D eigenvalue weighted by Crippen LogP contribution is -2.19. The quantitative estimate of drug-likeness (QED) is 0.473. The van der Waals surface area contributed by atoms with Crippen LogP contribution in [0, 0.1) is 0 Å². The molecule has 0 spiro atoms. The van der Waals surface area contributed by atoms with Crippen LogP contribution in [0.15, 0.2) is 18.2 Å². The molecule has 0 saturated carbocycles. The molecule has 1 aromatic rings. The molecule has 0 radical (unpaired) electrons. The van der Waals surface area contributed by atoms with Crippen LogP contribution in [-0.2, 0) is 4.74 Å². The number of rotatable bonds is 5. The van der Waals surface area contributed by atoms with Gasteiger partial charge in [0.2, 0.25) is 0 Å². The molecule has 3 nitrogen and oxygen atoms in total. The van der Waals surface area contributed by atoms with E-state index in [2.05, 4.69) is 0 Å². The van der Waals surface area contributed by atoms with Crippen molar-refractivity contribution < 1.29 is 23.1 Å². The van der Waals surface area contributed by atoms with E-state index < -0.39 is 29.1 Å². The Bertz CT molecular complexity index is 487. The smallest absolute Gasteiger partial charge is 0.338 e. The minimum Gasteiger partial charge on any atom is -0.462 e. The molecule has 0 aromatic heterocycles. The van der Waals surface area contributed by atoms with E-state index in [0.29, 0.717) is 0 Å². The third-order valence-electron chi connectivity index (χ3n) is 2.43. The molecule has 0 aliphatic rings. The fourth-order valence-corrected chi connectivity index (χ4v) is 1.71. The van der Waals surface area contributed by atoms with Crippen molar-refractivity contribution in [3.05, 3.63) is 34.9 Å². The number of Topliss-reactive ketones (excluding diaryl/α,β-unsaturated/α-hetero) is 1. The maximum atomic E-state index is 12.9. The van der Waals surface area contributed by atoms with Gasteiger partial charge >= 0.3 is 5.97 Å². The molecule has 0 aliphatic carbocycles. The lowest BCUT2D eigenvalue weighted by molar-refractivity contribution is 0.0522. The molecule has 19 heavy (non-hydrogen) atoms. The summed E-state index contributed by atoms with van der Waals surface area (Å²) in [6, 6.07) is 3.65. The zero-order valence-corrected chi connectivity index (χ0v) is 11.2. The van der Waals surface area contributed by atoms with E-state index in [1.807, 2.05) is 0 Å². The van der Waals surface area contributed by atoms with Gasteiger partial charge in [-0.1, -0.05) is 12.1 Å². The Morgan fingerprint density at radius 2 is 2.00 bits per heavy atom. The van der Waals surface area contributed by atoms with Gasteiger partial charge in [-0.3, -0.25) is 4.79 Å². The fourth-order valence-electron chi connectivity index (χ4n) is 1.60. The Hall–Kier alpha value is -1.49. The molecule has 0 aliphatic heterocycles. The highest BCUT2D eigenvalue weighted by Gasteiger charge is 2.27. The van der Waals surface area contributed by atoms with Gasteiger partial charge in [-0.2, -0.15) is 0 Å². The number of hydrogen-bond acceptors (Lipinski definition) is 3. The third-order valence-corrected chi connectivity index (χ3v) is 2.63. The Kier molecular flexibility index (Phi) is 5.42. The van der Waals surface area contributed by atoms with Crippen LogP contribution in [0.2, 0.25) is 0 Å². The molecular formula is C13H13ClF2O3. The van der Waals surface area contributed by atoms with Gasteiger partial charge < -0.3 is 4.74 Å². The highest BCUT2D eigenvalue weighted by atomic mass is 35.5. The minimum absolute atomic E-state index is 0.0851. The Balaban J connectivity index is 3.42. The van der Waals surface area contributed by atoms with Crippen molar-refractivity contribution in [1.82, 2.24) is 0 Å². The first-order chi connectivity index (χ1) is 8.90. The van der Waals surface area contributed by atoms with Crippen LogP contribution >= 0.6 is 11.6 Å². The topological polar surface area (TPSA) is 43.4 Å². The largest absolute Gasteiger partial charge is 0.462 e. The van der Waals surface area contributed by atoms with Crippen LogP contribution in [0.5, 0.6) is 0 Å². The van der Waals surface area contributed by atoms with Crippen LogP contribution in [0.4, 0.5) is 8.78 Å². The van der Waals surface area contributed by atoms with E-state index in [4.69, 9.17) is 16.3 Å². The predicted octanol–water partition coefficient (Wildman–Crippen LogP) is 3.61. The monoisotopic (exact) mass is 290 g/mol. The second-order valence-electron chi connectivity index (χ2n) is 3.77. The first kappa shape index (κ1) is 15.6. The molecule has 6 heteroatoms. The minimum atomic E-state index is -2.87. The highest BCUT2D eigenvalue weighted by Crippen LogP contribution is 2.28. The number of hydrogen-bond donors (Lipinski definition) is 0. The van der Waals surface area contributed by atoms with Crippen molar-refractivity contribution >= 4 is 23.4 Å². The third kappa shape index (κ3) is 3.50. The summed E-state index contributed by atoms with van der Waals surface area (Å²) in [4.78, 5) is 23.6. The zero-order chi connectivity index (χ0) is 14.6. The van der Waals surface area contributed by atoms with E-state index in [0.717, 1.165) is 6.07 Å². The van der Waals surface area contributed by atoms with E-state index in [1.54, 1.807) is 6.92 Å². The van der Waals surface area contributed by atoms with E-state index in [1.165, 1.54) is 19.1 Å². The van der Waals surface area contributed by atoms with Crippen LogP contribution < -0.4 is 0 Å². The maximum Gasteiger partial charge on any atom is 0.338 e. The van der Waals surface area contributed by atoms with Gasteiger partial charge in [0.25, 0.3) is 6.43 Å². The summed E-state index contributed by atoms with van der Waals surface area (Å²) in [6.07, 6.45) is -2.87. The normalized spacial score (nSPS) is 12.3. The van der Waals surface area contributed by atoms with Gasteiger partial charge in [0.15, 0.2) is 5.78 Å². The summed E-state index contributed by atoms with van der Waals surface area (Å²) in [6.45, 7) is 3.03. The molecule has 0 saturated heterocycles. The SMILES string of the molecule is CCOC(=O)c1cccc(C(F)F)c1C(=O)C(C)Cl.